The lowest BCUT2D eigenvalue weighted by Gasteiger charge is -2.36. The van der Waals surface area contributed by atoms with Gasteiger partial charge < -0.3 is 29.0 Å². The Kier molecular flexibility index (Phi) is 7.28. The Balaban J connectivity index is 2.57. The summed E-state index contributed by atoms with van der Waals surface area (Å²) in [5.74, 6) is 0.520. The Labute approximate surface area is 173 Å². The lowest BCUT2D eigenvalue weighted by atomic mass is 10.0. The van der Waals surface area contributed by atoms with E-state index in [0.717, 1.165) is 5.56 Å². The van der Waals surface area contributed by atoms with Gasteiger partial charge in [-0.15, -0.1) is 4.08 Å². The number of amides is 1. The summed E-state index contributed by atoms with van der Waals surface area (Å²) in [7, 11) is 0.791. The van der Waals surface area contributed by atoms with E-state index in [1.54, 1.807) is 26.0 Å². The Morgan fingerprint density at radius 1 is 1.39 bits per heavy atom. The van der Waals surface area contributed by atoms with Gasteiger partial charge in [0.05, 0.1) is 0 Å². The Morgan fingerprint density at radius 2 is 2.00 bits per heavy atom. The number of benzene rings is 1. The molecule has 0 fully saturated rings. The number of nitrogens with one attached hydrogen (secondary N) is 1. The summed E-state index contributed by atoms with van der Waals surface area (Å²) in [5, 5.41) is 12.5. The van der Waals surface area contributed by atoms with E-state index >= 15 is 0 Å². The third-order valence-corrected chi connectivity index (χ3v) is 10.5. The summed E-state index contributed by atoms with van der Waals surface area (Å²) in [6.45, 7) is 4.34. The van der Waals surface area contributed by atoms with Crippen LogP contribution in [-0.4, -0.2) is 40.2 Å². The van der Waals surface area contributed by atoms with E-state index < -0.39 is 34.7 Å². The van der Waals surface area contributed by atoms with E-state index in [1.165, 1.54) is 18.3 Å². The number of ether oxygens (including phenoxy) is 1. The Morgan fingerprint density at radius 3 is 2.50 bits per heavy atom. The van der Waals surface area contributed by atoms with Crippen molar-refractivity contribution in [3.63, 3.8) is 0 Å². The fraction of sp³-hybridized carbons (Fsp3) is 0.588. The van der Waals surface area contributed by atoms with Gasteiger partial charge >= 0.3 is 0 Å². The van der Waals surface area contributed by atoms with E-state index in [-0.39, 0.29) is 6.04 Å². The lowest BCUT2D eigenvalue weighted by molar-refractivity contribution is -0.251. The molecule has 0 aromatic heterocycles. The largest absolute Gasteiger partial charge is 0.530 e. The third kappa shape index (κ3) is 4.75. The van der Waals surface area contributed by atoms with Crippen molar-refractivity contribution in [2.24, 2.45) is 0 Å². The van der Waals surface area contributed by atoms with Crippen LogP contribution in [0.5, 0.6) is 5.75 Å². The number of rotatable bonds is 8. The second-order valence-corrected chi connectivity index (χ2v) is 12.4. The van der Waals surface area contributed by atoms with Crippen molar-refractivity contribution in [3.8, 4) is 5.75 Å². The summed E-state index contributed by atoms with van der Waals surface area (Å²) in [6.07, 6.45) is -0.900. The fourth-order valence-electron chi connectivity index (χ4n) is 3.12. The second-order valence-electron chi connectivity index (χ2n) is 7.19. The maximum atomic E-state index is 13.6. The fourth-order valence-corrected chi connectivity index (χ4v) is 8.02. The first-order valence-electron chi connectivity index (χ1n) is 8.66. The molecule has 1 amide bonds. The molecule has 2 atom stereocenters. The molecule has 0 spiro atoms. The smallest absolute Gasteiger partial charge is 0.275 e. The van der Waals surface area contributed by atoms with Crippen LogP contribution in [0.4, 0.5) is 4.79 Å². The minimum absolute atomic E-state index is 0.341. The molecule has 2 rings (SSSR count). The summed E-state index contributed by atoms with van der Waals surface area (Å²) in [4.78, 5) is 11.4. The number of carbonyl (C=O) groups excluding carboxylic acids is 1. The van der Waals surface area contributed by atoms with Crippen molar-refractivity contribution in [2.45, 2.75) is 51.1 Å². The zero-order chi connectivity index (χ0) is 21.3. The van der Waals surface area contributed by atoms with Gasteiger partial charge in [0.25, 0.3) is 6.64 Å². The first-order valence-corrected chi connectivity index (χ1v) is 12.4. The van der Waals surface area contributed by atoms with Crippen LogP contribution in [0.3, 0.4) is 0 Å². The molecular formula is C17H26N2O6PS2-. The number of carbonyl (C=O) groups is 1. The summed E-state index contributed by atoms with van der Waals surface area (Å²) in [5.41, 5.74) is 0.918. The number of carboxylic acid groups (broad SMARTS) is 1. The first kappa shape index (κ1) is 23.3. The van der Waals surface area contributed by atoms with Gasteiger partial charge in [0, 0.05) is 32.2 Å². The number of nitrogens with zero attached hydrogens (tertiary/aromatic N) is 1. The zero-order valence-corrected chi connectivity index (χ0v) is 19.3. The van der Waals surface area contributed by atoms with Crippen molar-refractivity contribution in [2.75, 3.05) is 14.2 Å². The van der Waals surface area contributed by atoms with E-state index in [0.29, 0.717) is 17.7 Å². The molecule has 8 nitrogen and oxygen atoms in total. The average Bonchev–Trinajstić information content (AvgIpc) is 2.92. The highest BCUT2D eigenvalue weighted by Crippen LogP contribution is 2.55. The molecular weight excluding hydrogens is 423 g/mol. The summed E-state index contributed by atoms with van der Waals surface area (Å²) < 4.78 is 31.7. The Bertz CT molecular complexity index is 809. The predicted octanol–water partition coefficient (Wildman–Crippen LogP) is 2.22. The van der Waals surface area contributed by atoms with Crippen LogP contribution in [0.25, 0.3) is 0 Å². The number of hydrogen-bond acceptors (Lipinski definition) is 7. The maximum absolute atomic E-state index is 13.6. The van der Waals surface area contributed by atoms with Gasteiger partial charge in [0.15, 0.2) is 0 Å². The molecule has 1 aromatic carbocycles. The van der Waals surface area contributed by atoms with E-state index in [4.69, 9.17) is 25.6 Å². The normalized spacial score (nSPS) is 17.9. The third-order valence-electron chi connectivity index (χ3n) is 4.18. The SMILES string of the molecule is COP(=S)(OC)N(C(C)C)S(=O)C(NC(=O)[O-])c1cccc2c1OC(C)(C)C2. The van der Waals surface area contributed by atoms with Crippen LogP contribution in [0.15, 0.2) is 18.2 Å². The van der Waals surface area contributed by atoms with Gasteiger partial charge in [-0.25, -0.2) is 4.21 Å². The highest BCUT2D eigenvalue weighted by atomic mass is 32.5. The predicted molar refractivity (Wildman–Crippen MR) is 110 cm³/mol. The molecule has 28 heavy (non-hydrogen) atoms. The van der Waals surface area contributed by atoms with E-state index in [1.807, 2.05) is 19.9 Å². The zero-order valence-electron chi connectivity index (χ0n) is 16.8. The summed E-state index contributed by atoms with van der Waals surface area (Å²) in [6, 6.07) is 5.02. The molecule has 0 saturated heterocycles. The molecule has 0 saturated carbocycles. The maximum Gasteiger partial charge on any atom is 0.275 e. The molecule has 11 heteroatoms. The molecule has 1 aromatic rings. The molecule has 0 radical (unpaired) electrons. The molecule has 0 bridgehead atoms. The highest BCUT2D eigenvalue weighted by molar-refractivity contribution is 8.12. The van der Waals surface area contributed by atoms with E-state index in [2.05, 4.69) is 5.32 Å². The van der Waals surface area contributed by atoms with Crippen LogP contribution < -0.4 is 15.2 Å². The van der Waals surface area contributed by atoms with Gasteiger partial charge in [-0.1, -0.05) is 18.2 Å². The van der Waals surface area contributed by atoms with Crippen molar-refractivity contribution in [3.05, 3.63) is 29.3 Å². The van der Waals surface area contributed by atoms with Crippen molar-refractivity contribution < 1.29 is 27.9 Å². The molecule has 1 aliphatic rings. The molecule has 2 unspecified atom stereocenters. The lowest BCUT2D eigenvalue weighted by Crippen LogP contribution is -2.45. The van der Waals surface area contributed by atoms with Crippen LogP contribution in [0.1, 0.15) is 44.2 Å². The number of hydrogen-bond donors (Lipinski definition) is 1. The quantitative estimate of drug-likeness (QED) is 0.608. The van der Waals surface area contributed by atoms with Gasteiger partial charge in [0.1, 0.15) is 33.8 Å². The average molecular weight is 450 g/mol. The van der Waals surface area contributed by atoms with Crippen LogP contribution in [-0.2, 0) is 38.3 Å². The minimum Gasteiger partial charge on any atom is -0.530 e. The minimum atomic E-state index is -3.09. The highest BCUT2D eigenvalue weighted by Gasteiger charge is 2.41. The monoisotopic (exact) mass is 449 g/mol. The molecule has 1 aliphatic heterocycles. The molecule has 1 N–H and O–H groups in total. The molecule has 1 heterocycles. The van der Waals surface area contributed by atoms with Crippen LogP contribution in [0, 0.1) is 0 Å². The van der Waals surface area contributed by atoms with Gasteiger partial charge in [-0.3, -0.25) is 0 Å². The van der Waals surface area contributed by atoms with Crippen molar-refractivity contribution in [1.29, 1.82) is 0 Å². The van der Waals surface area contributed by atoms with Crippen molar-refractivity contribution in [1.82, 2.24) is 9.39 Å². The number of fused-ring (bicyclic) bond motifs is 1. The summed E-state index contributed by atoms with van der Waals surface area (Å²) >= 11 is 5.47. The van der Waals surface area contributed by atoms with Crippen LogP contribution in [0.2, 0.25) is 0 Å². The topological polar surface area (TPSA) is 100 Å². The van der Waals surface area contributed by atoms with Crippen molar-refractivity contribution >= 4 is 35.5 Å². The molecule has 158 valence electrons. The first-order chi connectivity index (χ1) is 13.0. The van der Waals surface area contributed by atoms with Gasteiger partial charge in [0.2, 0.25) is 0 Å². The number of para-hydroxylation sites is 1. The van der Waals surface area contributed by atoms with Gasteiger partial charge in [-0.05, 0) is 45.1 Å². The Hall–Kier alpha value is -1.03. The van der Waals surface area contributed by atoms with Crippen LogP contribution >= 0.6 is 6.64 Å². The molecule has 0 aliphatic carbocycles. The van der Waals surface area contributed by atoms with Gasteiger partial charge in [-0.2, -0.15) is 0 Å². The second kappa shape index (κ2) is 8.77. The standard InChI is InChI=1S/C17H27N2O6PS2/c1-11(2)19(26(27,23-5)24-6)28(22)15(18-16(20)21)13-9-7-8-12-10-17(3,4)25-14(12)13/h7-9,11,15,18H,10H2,1-6H3,(H,20,21)/p-1. The van der Waals surface area contributed by atoms with E-state index in [9.17, 15) is 14.1 Å².